The van der Waals surface area contributed by atoms with Gasteiger partial charge in [0.25, 0.3) is 0 Å². The third-order valence-corrected chi connectivity index (χ3v) is 12.7. The minimum absolute atomic E-state index is 0.0739. The summed E-state index contributed by atoms with van der Waals surface area (Å²) in [4.78, 5) is 37.1. The minimum Gasteiger partial charge on any atom is -0.481 e. The number of ketones is 2. The molecule has 0 radical (unpaired) electrons. The molecule has 0 heterocycles. The predicted octanol–water partition coefficient (Wildman–Crippen LogP) is 7.55. The van der Waals surface area contributed by atoms with E-state index in [2.05, 4.69) is 58.0 Å². The summed E-state index contributed by atoms with van der Waals surface area (Å²) in [5.41, 5.74) is -5.73. The lowest BCUT2D eigenvalue weighted by Crippen LogP contribution is -2.59. The van der Waals surface area contributed by atoms with E-state index in [1.807, 2.05) is 26.0 Å². The molecule has 2 saturated carbocycles. The smallest absolute Gasteiger partial charge is 0.315 e. The molecule has 11 heteroatoms. The van der Waals surface area contributed by atoms with Gasteiger partial charge in [-0.25, -0.2) is 0 Å². The van der Waals surface area contributed by atoms with Crippen molar-refractivity contribution in [2.45, 2.75) is 174 Å². The number of hydrogen-bond donors (Lipinski definition) is 5. The fourth-order valence-electron chi connectivity index (χ4n) is 9.00. The van der Waals surface area contributed by atoms with E-state index in [1.54, 1.807) is 6.92 Å². The molecule has 4 aliphatic carbocycles. The van der Waals surface area contributed by atoms with Gasteiger partial charge in [0.2, 0.25) is 0 Å². The summed E-state index contributed by atoms with van der Waals surface area (Å²) >= 11 is 0. The van der Waals surface area contributed by atoms with Gasteiger partial charge in [-0.2, -0.15) is 0 Å². The number of carbonyl (C=O) groups is 3. The largest absolute Gasteiger partial charge is 0.481 e. The highest BCUT2D eigenvalue weighted by atomic mass is 28.4. The Morgan fingerprint density at radius 1 is 0.827 bits per heavy atom. The van der Waals surface area contributed by atoms with E-state index in [1.165, 1.54) is 6.92 Å². The molecule has 5 N–H and O–H groups in total. The zero-order chi connectivity index (χ0) is 39.9. The molecule has 9 nitrogen and oxygen atoms in total. The molecule has 52 heavy (non-hydrogen) atoms. The van der Waals surface area contributed by atoms with E-state index in [9.17, 15) is 39.9 Å². The highest BCUT2D eigenvalue weighted by Gasteiger charge is 2.69. The summed E-state index contributed by atoms with van der Waals surface area (Å²) in [6.07, 6.45) is 14.7. The zero-order valence-electron chi connectivity index (χ0n) is 34.3. The average molecular weight is 767 g/mol. The van der Waals surface area contributed by atoms with Crippen LogP contribution < -0.4 is 0 Å². The molecule has 4 aliphatic rings. The van der Waals surface area contributed by atoms with E-state index in [4.69, 9.17) is 4.43 Å². The molecule has 4 rings (SSSR count). The highest BCUT2D eigenvalue weighted by molar-refractivity contribution is 6.74. The van der Waals surface area contributed by atoms with E-state index in [-0.39, 0.29) is 49.0 Å². The van der Waals surface area contributed by atoms with Gasteiger partial charge in [-0.15, -0.1) is 0 Å². The normalized spacial score (nSPS) is 36.1. The Morgan fingerprint density at radius 3 is 1.65 bits per heavy atom. The van der Waals surface area contributed by atoms with Crippen molar-refractivity contribution in [1.29, 1.82) is 0 Å². The average Bonchev–Trinajstić information content (AvgIpc) is 3.37. The van der Waals surface area contributed by atoms with Gasteiger partial charge in [-0.1, -0.05) is 77.2 Å². The molecule has 0 spiro atoms. The van der Waals surface area contributed by atoms with Crippen LogP contribution in [0.3, 0.4) is 0 Å². The lowest BCUT2D eigenvalue weighted by Gasteiger charge is -2.50. The fraction of sp³-hybridized carbons (Fsp3) is 0.829. The third-order valence-electron chi connectivity index (χ3n) is 11.7. The lowest BCUT2D eigenvalue weighted by molar-refractivity contribution is -0.188. The van der Waals surface area contributed by atoms with E-state index in [0.29, 0.717) is 25.7 Å². The Kier molecular flexibility index (Phi) is 16.6. The van der Waals surface area contributed by atoms with Crippen LogP contribution >= 0.6 is 0 Å². The molecular formula is C41H74O9Si2. The standard InChI is InChI=1S/C20H36O4Si.C17H26O5.C4H12Si/c1-6-10-16-17(22)13-20(14-21,19(16,2)23)18(24-25(3,4)5)15-11-8-7-9-12-15;1-3-7-12-13(18)10-17(15(20)21,16(12,2)22)14(19)11-8-5-4-6-9-11;1-5(2,3)4/h8,11,15-16,18,21,23H,6-7,9-10,12-14H2,1-5H3;5,8,11-12,14,19,22H,3-4,6-7,9-10H2,1-2H3,(H,20,21);1-4H3/t15-,16+,18-,19+,20+;11-,12+,14-,16+,17-;/m11./s1. The molecule has 2 fully saturated rings. The summed E-state index contributed by atoms with van der Waals surface area (Å²) in [7, 11) is -2.54. The molecule has 0 aromatic heterocycles. The van der Waals surface area contributed by atoms with Crippen molar-refractivity contribution in [1.82, 2.24) is 0 Å². The first-order valence-corrected chi connectivity index (χ1v) is 27.3. The topological polar surface area (TPSA) is 162 Å². The maximum Gasteiger partial charge on any atom is 0.315 e. The van der Waals surface area contributed by atoms with Crippen molar-refractivity contribution in [2.24, 2.45) is 34.5 Å². The minimum atomic E-state index is -1.93. The van der Waals surface area contributed by atoms with Crippen molar-refractivity contribution >= 4 is 33.9 Å². The second-order valence-corrected chi connectivity index (χ2v) is 29.5. The number of carboxylic acids is 1. The maximum atomic E-state index is 12.8. The summed E-state index contributed by atoms with van der Waals surface area (Å²) in [5, 5.41) is 53.5. The number of carboxylic acid groups (broad SMARTS) is 1. The summed E-state index contributed by atoms with van der Waals surface area (Å²) in [6, 6.07) is 0. The molecule has 0 saturated heterocycles. The van der Waals surface area contributed by atoms with Crippen molar-refractivity contribution in [3.05, 3.63) is 24.3 Å². The number of hydrogen-bond acceptors (Lipinski definition) is 8. The van der Waals surface area contributed by atoms with Gasteiger partial charge >= 0.3 is 5.97 Å². The molecule has 0 aromatic carbocycles. The molecule has 10 atom stereocenters. The first-order valence-electron chi connectivity index (χ1n) is 19.9. The summed E-state index contributed by atoms with van der Waals surface area (Å²) in [5.74, 6) is -2.79. The second kappa shape index (κ2) is 18.4. The third kappa shape index (κ3) is 10.4. The highest BCUT2D eigenvalue weighted by Crippen LogP contribution is 2.56. The van der Waals surface area contributed by atoms with E-state index < -0.39 is 62.3 Å². The Bertz CT molecular complexity index is 1260. The molecule has 0 aliphatic heterocycles. The second-order valence-electron chi connectivity index (χ2n) is 19.0. The molecule has 300 valence electrons. The number of allylic oxidation sites excluding steroid dienone is 2. The van der Waals surface area contributed by atoms with Crippen molar-refractivity contribution in [3.63, 3.8) is 0 Å². The predicted molar refractivity (Wildman–Crippen MR) is 213 cm³/mol. The van der Waals surface area contributed by atoms with Crippen LogP contribution in [0.1, 0.15) is 105 Å². The Hall–Kier alpha value is -1.48. The van der Waals surface area contributed by atoms with Crippen molar-refractivity contribution < 1.29 is 44.3 Å². The molecule has 0 amide bonds. The van der Waals surface area contributed by atoms with Crippen molar-refractivity contribution in [3.8, 4) is 0 Å². The zero-order valence-corrected chi connectivity index (χ0v) is 36.3. The van der Waals surface area contributed by atoms with Gasteiger partial charge in [0, 0.05) is 44.6 Å². The molecule has 0 aromatic rings. The molecule has 0 unspecified atom stereocenters. The van der Waals surface area contributed by atoms with Crippen LogP contribution in [0.2, 0.25) is 45.8 Å². The van der Waals surface area contributed by atoms with Crippen LogP contribution in [0.5, 0.6) is 0 Å². The van der Waals surface area contributed by atoms with Crippen molar-refractivity contribution in [2.75, 3.05) is 6.61 Å². The van der Waals surface area contributed by atoms with E-state index in [0.717, 1.165) is 38.5 Å². The van der Waals surface area contributed by atoms with E-state index >= 15 is 0 Å². The lowest BCUT2D eigenvalue weighted by atomic mass is 9.64. The van der Waals surface area contributed by atoms with Crippen LogP contribution in [0, 0.1) is 34.5 Å². The van der Waals surface area contributed by atoms with Gasteiger partial charge in [0.15, 0.2) is 8.32 Å². The van der Waals surface area contributed by atoms with Crippen LogP contribution in [-0.4, -0.2) is 89.5 Å². The maximum absolute atomic E-state index is 12.8. The number of rotatable bonds is 12. The Labute approximate surface area is 316 Å². The first-order chi connectivity index (χ1) is 23.9. The quantitative estimate of drug-likeness (QED) is 0.0998. The van der Waals surface area contributed by atoms with Crippen LogP contribution in [0.4, 0.5) is 0 Å². The molecular weight excluding hydrogens is 693 g/mol. The Morgan fingerprint density at radius 2 is 1.27 bits per heavy atom. The van der Waals surface area contributed by atoms with Gasteiger partial charge < -0.3 is 30.0 Å². The molecule has 0 bridgehead atoms. The number of aliphatic hydroxyl groups excluding tert-OH is 2. The fourth-order valence-corrected chi connectivity index (χ4v) is 10.2. The number of carbonyl (C=O) groups excluding carboxylic acids is 2. The van der Waals surface area contributed by atoms with Gasteiger partial charge in [-0.05, 0) is 84.9 Å². The first kappa shape index (κ1) is 46.7. The SMILES string of the molecule is CCC[C@H]1C(=O)C[C@](C(=O)O)([C@H](O)[C@@H]2C=CCCC2)[C@@]1(C)O.CCC[C@H]1C(=O)C[C@](CO)([C@H](O[Si](C)(C)C)[C@@H]2C=CCCC2)[C@@]1(C)O.C[Si](C)(C)C. The van der Waals surface area contributed by atoms with Crippen LogP contribution in [0.15, 0.2) is 24.3 Å². The summed E-state index contributed by atoms with van der Waals surface area (Å²) in [6.45, 7) is 22.6. The number of aliphatic carboxylic acids is 1. The monoisotopic (exact) mass is 766 g/mol. The van der Waals surface area contributed by atoms with Gasteiger partial charge in [0.1, 0.15) is 17.0 Å². The number of aliphatic hydroxyl groups is 4. The Balaban J connectivity index is 0.000000321. The van der Waals surface area contributed by atoms with Crippen LogP contribution in [0.25, 0.3) is 0 Å². The van der Waals surface area contributed by atoms with Crippen LogP contribution in [-0.2, 0) is 18.8 Å². The summed E-state index contributed by atoms with van der Waals surface area (Å²) < 4.78 is 6.58. The van der Waals surface area contributed by atoms with Gasteiger partial charge in [0.05, 0.1) is 35.4 Å². The number of Topliss-reactive ketones (excluding diaryl/α,β-unsaturated/α-hetero) is 2. The van der Waals surface area contributed by atoms with Gasteiger partial charge in [-0.3, -0.25) is 14.4 Å².